The monoisotopic (exact) mass is 1490 g/mol. The molecule has 2 aromatic heterocycles. The van der Waals surface area contributed by atoms with E-state index in [0.29, 0.717) is 37.3 Å². The first-order valence-corrected chi connectivity index (χ1v) is 35.6. The molecule has 7 atom stereocenters. The van der Waals surface area contributed by atoms with E-state index < -0.39 is 89.0 Å². The number of ether oxygens (including phenoxy) is 13. The summed E-state index contributed by atoms with van der Waals surface area (Å²) in [6.45, 7) is 4.84. The second kappa shape index (κ2) is 34.3. The molecular weight excluding hydrogens is 1420 g/mol. The van der Waals surface area contributed by atoms with Gasteiger partial charge in [0, 0.05) is 112 Å². The number of nitrogens with zero attached hydrogens (tertiary/aromatic N) is 7. The van der Waals surface area contributed by atoms with Crippen molar-refractivity contribution in [3.05, 3.63) is 143 Å². The van der Waals surface area contributed by atoms with Crippen LogP contribution in [0.5, 0.6) is 40.2 Å². The van der Waals surface area contributed by atoms with Gasteiger partial charge in [-0.2, -0.15) is 0 Å². The number of benzene rings is 4. The Morgan fingerprint density at radius 1 is 0.625 bits per heavy atom. The molecule has 5 aliphatic rings. The van der Waals surface area contributed by atoms with Crippen LogP contribution < -0.4 is 37.4 Å². The van der Waals surface area contributed by atoms with Crippen LogP contribution in [0.2, 0.25) is 0 Å². The summed E-state index contributed by atoms with van der Waals surface area (Å²) >= 11 is 3.24. The molecule has 1 unspecified atom stereocenters. The Bertz CT molecular complexity index is 4280. The molecule has 0 saturated carbocycles. The molecule has 0 radical (unpaired) electrons. The number of methoxy groups -OCH3 is 2. The average Bonchev–Trinajstić information content (AvgIpc) is 1.73. The predicted molar refractivity (Wildman–Crippen MR) is 369 cm³/mol. The lowest BCUT2D eigenvalue weighted by molar-refractivity contribution is -0.288. The number of carbonyl (C=O) groups excluding carboxylic acids is 7. The maximum absolute atomic E-state index is 14.8. The number of hydrogen-bond acceptors (Lipinski definition) is 29. The molecule has 11 rings (SSSR count). The molecule has 104 heavy (non-hydrogen) atoms. The van der Waals surface area contributed by atoms with Gasteiger partial charge in [0.15, 0.2) is 46.7 Å². The smallest absolute Gasteiger partial charge is 0.493 e. The summed E-state index contributed by atoms with van der Waals surface area (Å²) in [6, 6.07) is 17.2. The van der Waals surface area contributed by atoms with Crippen LogP contribution in [0.3, 0.4) is 0 Å². The zero-order chi connectivity index (χ0) is 73.6. The largest absolute Gasteiger partial charge is 0.501 e. The topological polar surface area (TPSA) is 384 Å². The van der Waals surface area contributed by atoms with E-state index >= 15 is 0 Å². The Morgan fingerprint density at radius 3 is 1.70 bits per heavy atom. The van der Waals surface area contributed by atoms with Crippen LogP contribution in [0.15, 0.2) is 98.7 Å². The second-order valence-electron chi connectivity index (χ2n) is 23.8. The van der Waals surface area contributed by atoms with Gasteiger partial charge >= 0.3 is 34.3 Å². The number of hydrogen-bond donors (Lipinski definition) is 1. The number of nitrogens with one attached hydrogen (secondary N) is 1. The standard InChI is InChI=1S/C69H72N8O24S3/c1-38(78)92-37-60-63(95-39(2)79)64(96-40(3)80)65(97-41(4)81)69(99-60)98-54-8-7-44(66(82)71-11-13-89-15-17-91-18-16-90-14-12-74-75-70)24-59(54)101-104(85,86)100-49-22-42(35-93-57-29-52-50(27-55(57)87-5)67(83)76-33-45-9-19-102-61(45)25-47(76)31-72-52)21-43(23-49)36-94-58-30-53-51(28-56(58)88-6)68(84)77-34-46-10-20-103-62(46)26-48(77)32-73-53/h7-10,19-24,27-32,47-48,60,63-65,69H,11-18,25-26,33-37H2,1-6H3,(H,71,82)/t47-,48-,60+,63-,64-,65+,69?/m0/s1. The van der Waals surface area contributed by atoms with E-state index in [9.17, 15) is 42.0 Å². The molecule has 32 nitrogen and oxygen atoms in total. The highest BCUT2D eigenvalue weighted by atomic mass is 32.3. The van der Waals surface area contributed by atoms with E-state index in [-0.39, 0.29) is 146 Å². The van der Waals surface area contributed by atoms with E-state index in [1.54, 1.807) is 75.2 Å². The molecule has 1 saturated heterocycles. The van der Waals surface area contributed by atoms with Crippen molar-refractivity contribution >= 4 is 98.5 Å². The molecule has 550 valence electrons. The van der Waals surface area contributed by atoms with Crippen molar-refractivity contribution in [1.82, 2.24) is 15.1 Å². The van der Waals surface area contributed by atoms with Crippen molar-refractivity contribution in [2.24, 2.45) is 15.1 Å². The van der Waals surface area contributed by atoms with Crippen LogP contribution in [-0.2, 0) is 107 Å². The van der Waals surface area contributed by atoms with Gasteiger partial charge in [-0.1, -0.05) is 5.11 Å². The fourth-order valence-corrected chi connectivity index (χ4v) is 14.5. The van der Waals surface area contributed by atoms with Crippen LogP contribution in [0.25, 0.3) is 10.4 Å². The Labute approximate surface area is 603 Å². The van der Waals surface area contributed by atoms with Crippen molar-refractivity contribution in [3.63, 3.8) is 0 Å². The molecule has 1 N–H and O–H groups in total. The minimum atomic E-state index is -5.42. The number of thiophene rings is 2. The molecule has 0 aliphatic carbocycles. The molecule has 0 spiro atoms. The number of fused-ring (bicyclic) bond motifs is 6. The van der Waals surface area contributed by atoms with Gasteiger partial charge in [0.05, 0.1) is 88.4 Å². The lowest BCUT2D eigenvalue weighted by Crippen LogP contribution is -2.63. The van der Waals surface area contributed by atoms with Crippen molar-refractivity contribution in [2.75, 3.05) is 73.6 Å². The number of aliphatic imine (C=N–C) groups is 2. The molecule has 35 heteroatoms. The number of rotatable bonds is 32. The van der Waals surface area contributed by atoms with Gasteiger partial charge in [0.1, 0.15) is 31.7 Å². The summed E-state index contributed by atoms with van der Waals surface area (Å²) in [6.07, 6.45) is -3.91. The highest BCUT2D eigenvalue weighted by molar-refractivity contribution is 7.82. The van der Waals surface area contributed by atoms with Crippen LogP contribution >= 0.6 is 22.7 Å². The van der Waals surface area contributed by atoms with Crippen molar-refractivity contribution in [1.29, 1.82) is 0 Å². The molecule has 3 amide bonds. The highest BCUT2D eigenvalue weighted by Gasteiger charge is 2.54. The van der Waals surface area contributed by atoms with E-state index in [1.807, 2.05) is 22.9 Å². The Morgan fingerprint density at radius 2 is 1.16 bits per heavy atom. The van der Waals surface area contributed by atoms with E-state index in [1.165, 1.54) is 42.2 Å². The van der Waals surface area contributed by atoms with Crippen LogP contribution in [0.4, 0.5) is 11.4 Å². The summed E-state index contributed by atoms with van der Waals surface area (Å²) in [4.78, 5) is 111. The van der Waals surface area contributed by atoms with Crippen molar-refractivity contribution < 1.29 is 112 Å². The quantitative estimate of drug-likeness (QED) is 0.0105. The third-order valence-corrected chi connectivity index (χ3v) is 19.3. The molecule has 6 aromatic rings. The summed E-state index contributed by atoms with van der Waals surface area (Å²) in [5.41, 5.74) is 12.1. The molecular formula is C69H72N8O24S3. The number of amides is 3. The Hall–Kier alpha value is -10.4. The maximum Gasteiger partial charge on any atom is 0.501 e. The molecule has 5 aliphatic heterocycles. The molecule has 1 fully saturated rings. The number of carbonyl (C=O) groups is 7. The molecule has 4 aromatic carbocycles. The van der Waals surface area contributed by atoms with E-state index in [4.69, 9.17) is 85.5 Å². The average molecular weight is 1490 g/mol. The maximum atomic E-state index is 14.8. The van der Waals surface area contributed by atoms with Crippen LogP contribution in [0, 0.1) is 0 Å². The fraction of sp³-hybridized carbons (Fsp3) is 0.406. The fourth-order valence-electron chi connectivity index (χ4n) is 11.9. The molecule has 7 heterocycles. The van der Waals surface area contributed by atoms with Crippen LogP contribution in [-0.4, -0.2) is 189 Å². The first-order chi connectivity index (χ1) is 50.1. The van der Waals surface area contributed by atoms with Gasteiger partial charge < -0.3 is 85.1 Å². The van der Waals surface area contributed by atoms with E-state index in [0.717, 1.165) is 51.0 Å². The van der Waals surface area contributed by atoms with Gasteiger partial charge in [0.25, 0.3) is 17.7 Å². The molecule has 0 bridgehead atoms. The lowest BCUT2D eigenvalue weighted by atomic mass is 9.98. The summed E-state index contributed by atoms with van der Waals surface area (Å²) in [5.74, 6) is -5.87. The van der Waals surface area contributed by atoms with E-state index in [2.05, 4.69) is 15.3 Å². The van der Waals surface area contributed by atoms with Gasteiger partial charge in [-0.15, -0.1) is 31.1 Å². The first kappa shape index (κ1) is 74.8. The minimum Gasteiger partial charge on any atom is -0.493 e. The first-order valence-electron chi connectivity index (χ1n) is 32.5. The third-order valence-electron chi connectivity index (χ3n) is 16.5. The van der Waals surface area contributed by atoms with Crippen molar-refractivity contribution in [3.8, 4) is 40.2 Å². The Kier molecular flexibility index (Phi) is 24.6. The zero-order valence-electron chi connectivity index (χ0n) is 57.0. The minimum absolute atomic E-state index is 0.00406. The summed E-state index contributed by atoms with van der Waals surface area (Å²) in [5, 5.41) is 10.1. The van der Waals surface area contributed by atoms with Gasteiger partial charge in [0.2, 0.25) is 12.4 Å². The SMILES string of the molecule is COc1cc2c(cc1OCc1cc(COc3cc4c(cc3OC)C(=O)N3Cc5ccsc5C[C@H]3C=N4)cc(OS(=O)(=O)Oc3cc(C(=O)NCCOCCOCCOCCN=[N+]=[N-])ccc3OC3O[C@H](COC(C)=O)[C@H](OC(C)=O)[C@H](OC(C)=O)[C@H]3OC(C)=O)c1)N=C[C@@H]1Cc3sccc3CN1C2=O. The van der Waals surface area contributed by atoms with Crippen molar-refractivity contribution in [2.45, 2.75) is 110 Å². The normalized spacial score (nSPS) is 19.1. The highest BCUT2D eigenvalue weighted by Crippen LogP contribution is 2.43. The summed E-state index contributed by atoms with van der Waals surface area (Å²) < 4.78 is 116. The predicted octanol–water partition coefficient (Wildman–Crippen LogP) is 7.81. The number of azide groups is 1. The number of esters is 4. The lowest BCUT2D eigenvalue weighted by Gasteiger charge is -2.43. The third kappa shape index (κ3) is 18.7. The van der Waals surface area contributed by atoms with Gasteiger partial charge in [-0.3, -0.25) is 43.5 Å². The Balaban J connectivity index is 0.895. The van der Waals surface area contributed by atoms with Gasteiger partial charge in [-0.25, -0.2) is 0 Å². The second-order valence-corrected chi connectivity index (χ2v) is 26.9. The zero-order valence-corrected chi connectivity index (χ0v) is 59.5. The van der Waals surface area contributed by atoms with Gasteiger partial charge in [-0.05, 0) is 99.2 Å². The summed E-state index contributed by atoms with van der Waals surface area (Å²) in [7, 11) is -2.60. The van der Waals surface area contributed by atoms with Crippen LogP contribution in [0.1, 0.15) is 90.8 Å².